The number of aryl methyl sites for hydroxylation is 1. The summed E-state index contributed by atoms with van der Waals surface area (Å²) in [5.74, 6) is -0.383. The lowest BCUT2D eigenvalue weighted by Crippen LogP contribution is -2.19. The number of nitrogens with one attached hydrogen (secondary N) is 4. The third-order valence-electron chi connectivity index (χ3n) is 4.66. The normalized spacial score (nSPS) is 11.0. The average Bonchev–Trinajstić information content (AvgIpc) is 3.37. The van der Waals surface area contributed by atoms with Gasteiger partial charge in [0.2, 0.25) is 11.0 Å². The van der Waals surface area contributed by atoms with Crippen LogP contribution in [0, 0.1) is 17.0 Å². The number of nitro groups is 1. The van der Waals surface area contributed by atoms with E-state index < -0.39 is 11.0 Å². The molecule has 4 N–H and O–H groups in total. The fraction of sp³-hybridized carbons (Fsp3) is 0.0952. The molecule has 0 atom stereocenters. The quantitative estimate of drug-likeness (QED) is 0.180. The number of aromatic amines is 1. The second-order valence-electron chi connectivity index (χ2n) is 7.06. The van der Waals surface area contributed by atoms with Crippen molar-refractivity contribution in [3.63, 3.8) is 0 Å². The number of nitrogens with zero attached hydrogens (tertiary/aromatic N) is 4. The van der Waals surface area contributed by atoms with Crippen LogP contribution >= 0.6 is 11.3 Å². The van der Waals surface area contributed by atoms with Crippen molar-refractivity contribution in [1.29, 1.82) is 0 Å². The molecule has 0 aliphatic rings. The van der Waals surface area contributed by atoms with E-state index in [4.69, 9.17) is 0 Å². The second-order valence-corrected chi connectivity index (χ2v) is 8.13. The van der Waals surface area contributed by atoms with Crippen LogP contribution < -0.4 is 16.1 Å². The summed E-state index contributed by atoms with van der Waals surface area (Å²) in [6, 6.07) is 12.6. The molecule has 2 heterocycles. The summed E-state index contributed by atoms with van der Waals surface area (Å²) in [6.07, 6.45) is 1.52. The van der Waals surface area contributed by atoms with E-state index >= 15 is 0 Å². The van der Waals surface area contributed by atoms with Gasteiger partial charge in [-0.3, -0.25) is 20.2 Å². The van der Waals surface area contributed by atoms with Crippen LogP contribution in [0.15, 0.2) is 53.6 Å². The van der Waals surface area contributed by atoms with Crippen LogP contribution in [0.3, 0.4) is 0 Å². The van der Waals surface area contributed by atoms with Crippen molar-refractivity contribution in [2.75, 3.05) is 10.6 Å². The number of hydrazone groups is 1. The number of hydrogen-bond acceptors (Lipinski definition) is 8. The maximum atomic E-state index is 12.2. The lowest BCUT2D eigenvalue weighted by molar-refractivity contribution is -0.384. The number of amides is 3. The molecule has 2 aromatic heterocycles. The van der Waals surface area contributed by atoms with Crippen LogP contribution in [-0.4, -0.2) is 38.3 Å². The summed E-state index contributed by atoms with van der Waals surface area (Å²) < 4.78 is 0. The standard InChI is InChI=1S/C21H18N8O4S/c1-12-16(15-4-2-3-5-17(15)23-12)11-22-26-18(30)10-19-27-28-21(34-19)25-20(31)24-13-6-8-14(9-7-13)29(32)33/h2-9,11,23H,10H2,1H3,(H,26,30)(H2,24,25,28,31)/b22-11-. The fourth-order valence-corrected chi connectivity index (χ4v) is 3.85. The number of H-pyrrole nitrogens is 1. The number of carbonyl (C=O) groups excluding carboxylic acids is 2. The average molecular weight is 478 g/mol. The number of anilines is 2. The van der Waals surface area contributed by atoms with Crippen molar-refractivity contribution in [2.24, 2.45) is 5.10 Å². The van der Waals surface area contributed by atoms with Crippen LogP contribution in [0.2, 0.25) is 0 Å². The Morgan fingerprint density at radius 1 is 1.15 bits per heavy atom. The molecule has 0 radical (unpaired) electrons. The molecule has 4 rings (SSSR count). The van der Waals surface area contributed by atoms with Gasteiger partial charge in [0.1, 0.15) is 5.01 Å². The first-order chi connectivity index (χ1) is 16.4. The van der Waals surface area contributed by atoms with Crippen LogP contribution in [0.4, 0.5) is 21.3 Å². The highest BCUT2D eigenvalue weighted by Crippen LogP contribution is 2.20. The zero-order valence-corrected chi connectivity index (χ0v) is 18.5. The minimum absolute atomic E-state index is 0.0620. The van der Waals surface area contributed by atoms with E-state index in [0.717, 1.165) is 33.5 Å². The van der Waals surface area contributed by atoms with Crippen molar-refractivity contribution >= 4 is 56.9 Å². The number of non-ortho nitro benzene ring substituents is 1. The van der Waals surface area contributed by atoms with E-state index in [9.17, 15) is 19.7 Å². The number of rotatable bonds is 7. The topological polar surface area (TPSA) is 167 Å². The molecule has 12 nitrogen and oxygen atoms in total. The van der Waals surface area contributed by atoms with Gasteiger partial charge >= 0.3 is 6.03 Å². The summed E-state index contributed by atoms with van der Waals surface area (Å²) in [6.45, 7) is 1.93. The Morgan fingerprint density at radius 3 is 2.68 bits per heavy atom. The number of carbonyl (C=O) groups is 2. The second kappa shape index (κ2) is 9.87. The zero-order valence-electron chi connectivity index (χ0n) is 17.7. The van der Waals surface area contributed by atoms with Crippen molar-refractivity contribution in [3.05, 3.63) is 74.9 Å². The summed E-state index contributed by atoms with van der Waals surface area (Å²) in [5.41, 5.74) is 5.56. The van der Waals surface area contributed by atoms with Gasteiger partial charge < -0.3 is 10.3 Å². The van der Waals surface area contributed by atoms with Gasteiger partial charge in [-0.15, -0.1) is 10.2 Å². The van der Waals surface area contributed by atoms with Crippen molar-refractivity contribution in [3.8, 4) is 0 Å². The third-order valence-corrected chi connectivity index (χ3v) is 5.50. The van der Waals surface area contributed by atoms with Crippen LogP contribution in [0.25, 0.3) is 10.9 Å². The van der Waals surface area contributed by atoms with E-state index in [0.29, 0.717) is 10.7 Å². The molecule has 13 heteroatoms. The molecule has 0 spiro atoms. The highest BCUT2D eigenvalue weighted by atomic mass is 32.1. The largest absolute Gasteiger partial charge is 0.358 e. The van der Waals surface area contributed by atoms with Crippen LogP contribution in [0.1, 0.15) is 16.3 Å². The smallest absolute Gasteiger partial charge is 0.325 e. The minimum Gasteiger partial charge on any atom is -0.358 e. The Hall–Kier alpha value is -4.65. The fourth-order valence-electron chi connectivity index (χ4n) is 3.11. The molecular formula is C21H18N8O4S. The molecule has 0 aliphatic carbocycles. The monoisotopic (exact) mass is 478 g/mol. The van der Waals surface area contributed by atoms with Crippen molar-refractivity contribution in [1.82, 2.24) is 20.6 Å². The first kappa shape index (κ1) is 22.5. The Labute approximate surface area is 196 Å². The highest BCUT2D eigenvalue weighted by Gasteiger charge is 2.12. The number of para-hydroxylation sites is 1. The molecular weight excluding hydrogens is 460 g/mol. The molecule has 0 bridgehead atoms. The summed E-state index contributed by atoms with van der Waals surface area (Å²) in [4.78, 5) is 37.7. The number of urea groups is 1. The van der Waals surface area contributed by atoms with E-state index in [1.165, 1.54) is 24.3 Å². The van der Waals surface area contributed by atoms with Crippen LogP contribution in [0.5, 0.6) is 0 Å². The SMILES string of the molecule is Cc1[nH]c2ccccc2c1/C=N\NC(=O)Cc1nnc(NC(=O)Nc2ccc([N+](=O)[O-])cc2)s1. The summed E-state index contributed by atoms with van der Waals surface area (Å²) >= 11 is 1.04. The van der Waals surface area contributed by atoms with E-state index in [-0.39, 0.29) is 23.1 Å². The molecule has 4 aromatic rings. The minimum atomic E-state index is -0.597. The van der Waals surface area contributed by atoms with Gasteiger partial charge in [-0.05, 0) is 25.1 Å². The van der Waals surface area contributed by atoms with Gasteiger partial charge in [0, 0.05) is 40.0 Å². The Balaban J connectivity index is 1.28. The lowest BCUT2D eigenvalue weighted by Gasteiger charge is -2.04. The van der Waals surface area contributed by atoms with Gasteiger partial charge in [0.25, 0.3) is 5.69 Å². The first-order valence-corrected chi connectivity index (χ1v) is 10.7. The van der Waals surface area contributed by atoms with E-state index in [2.05, 4.69) is 36.3 Å². The maximum absolute atomic E-state index is 12.2. The van der Waals surface area contributed by atoms with Gasteiger partial charge in [-0.2, -0.15) is 5.10 Å². The molecule has 0 unspecified atom stereocenters. The Bertz CT molecular complexity index is 1390. The Morgan fingerprint density at radius 2 is 1.91 bits per heavy atom. The van der Waals surface area contributed by atoms with Crippen LogP contribution in [-0.2, 0) is 11.2 Å². The zero-order chi connectivity index (χ0) is 24.1. The highest BCUT2D eigenvalue weighted by molar-refractivity contribution is 7.15. The van der Waals surface area contributed by atoms with Crippen molar-refractivity contribution in [2.45, 2.75) is 13.3 Å². The maximum Gasteiger partial charge on any atom is 0.325 e. The third kappa shape index (κ3) is 5.39. The van der Waals surface area contributed by atoms with Gasteiger partial charge in [0.15, 0.2) is 0 Å². The molecule has 3 amide bonds. The molecule has 0 aliphatic heterocycles. The molecule has 2 aromatic carbocycles. The molecule has 34 heavy (non-hydrogen) atoms. The predicted octanol–water partition coefficient (Wildman–Crippen LogP) is 3.57. The molecule has 0 fully saturated rings. The van der Waals surface area contributed by atoms with Gasteiger partial charge in [-0.25, -0.2) is 10.2 Å². The number of hydrogen-bond donors (Lipinski definition) is 4. The van der Waals surface area contributed by atoms with Crippen molar-refractivity contribution < 1.29 is 14.5 Å². The lowest BCUT2D eigenvalue weighted by atomic mass is 10.1. The number of nitro benzene ring substituents is 1. The summed E-state index contributed by atoms with van der Waals surface area (Å²) in [5, 5.41) is 29.1. The predicted molar refractivity (Wildman–Crippen MR) is 128 cm³/mol. The Kier molecular flexibility index (Phi) is 6.54. The molecule has 0 saturated carbocycles. The van der Waals surface area contributed by atoms with Gasteiger partial charge in [0.05, 0.1) is 17.6 Å². The van der Waals surface area contributed by atoms with Gasteiger partial charge in [-0.1, -0.05) is 29.5 Å². The number of benzene rings is 2. The van der Waals surface area contributed by atoms with E-state index in [1.54, 1.807) is 6.21 Å². The summed E-state index contributed by atoms with van der Waals surface area (Å²) in [7, 11) is 0. The number of aromatic nitrogens is 3. The number of fused-ring (bicyclic) bond motifs is 1. The van der Waals surface area contributed by atoms with E-state index in [1.807, 2.05) is 31.2 Å². The molecule has 0 saturated heterocycles. The molecule has 172 valence electrons. The first-order valence-electron chi connectivity index (χ1n) is 9.93.